The minimum Gasteiger partial charge on any atom is -0.305 e. The van der Waals surface area contributed by atoms with Crippen molar-refractivity contribution in [2.45, 2.75) is 0 Å². The van der Waals surface area contributed by atoms with Gasteiger partial charge in [0.1, 0.15) is 0 Å². The fraction of sp³-hybridized carbons (Fsp3) is 0. The molecule has 7 aromatic carbocycles. The van der Waals surface area contributed by atoms with E-state index < -0.39 is 0 Å². The molecule has 0 spiro atoms. The standard InChI is InChI=1S/C55H36N5.Ir/c1-5-17-38(18-6-1)50-36-51(39-19-7-2-8-20-39)58-54(57-50)47-33-46(44-27-15-25-42(31-44)43-26-16-28-45(32-43)49-29-13-14-30-56-49)34-48(35-47)55-59-52(40-21-9-3-10-22-40)37-53(60-55)41-23-11-4-12-24-41;/h1-27,29-37H;/q-1;. The van der Waals surface area contributed by atoms with Crippen molar-refractivity contribution in [2.75, 3.05) is 0 Å². The Labute approximate surface area is 369 Å². The van der Waals surface area contributed by atoms with Crippen LogP contribution in [0.15, 0.2) is 219 Å². The van der Waals surface area contributed by atoms with Crippen LogP contribution in [-0.2, 0) is 20.1 Å². The number of aromatic nitrogens is 5. The molecule has 10 rings (SSSR count). The van der Waals surface area contributed by atoms with Gasteiger partial charge in [0, 0.05) is 59.7 Å². The van der Waals surface area contributed by atoms with E-state index in [4.69, 9.17) is 19.9 Å². The molecule has 6 heteroatoms. The Balaban J connectivity index is 0.00000476. The second-order valence-corrected chi connectivity index (χ2v) is 14.5. The molecular weight excluding hydrogens is 923 g/mol. The Morgan fingerprint density at radius 2 is 0.656 bits per heavy atom. The first kappa shape index (κ1) is 39.0. The third-order valence-corrected chi connectivity index (χ3v) is 10.5. The maximum atomic E-state index is 5.24. The first-order valence-corrected chi connectivity index (χ1v) is 19.9. The average Bonchev–Trinajstić information content (AvgIpc) is 3.35. The van der Waals surface area contributed by atoms with E-state index in [9.17, 15) is 0 Å². The molecule has 3 heterocycles. The molecule has 61 heavy (non-hydrogen) atoms. The number of nitrogens with zero attached hydrogens (tertiary/aromatic N) is 5. The van der Waals surface area contributed by atoms with Gasteiger partial charge in [0.25, 0.3) is 0 Å². The number of hydrogen-bond donors (Lipinski definition) is 0. The third-order valence-electron chi connectivity index (χ3n) is 10.5. The van der Waals surface area contributed by atoms with Crippen molar-refractivity contribution in [3.63, 3.8) is 0 Å². The van der Waals surface area contributed by atoms with Crippen LogP contribution in [-0.4, -0.2) is 24.9 Å². The minimum atomic E-state index is 0. The summed E-state index contributed by atoms with van der Waals surface area (Å²) >= 11 is 0. The van der Waals surface area contributed by atoms with E-state index in [2.05, 4.69) is 126 Å². The Morgan fingerprint density at radius 3 is 1.10 bits per heavy atom. The molecule has 0 amide bonds. The Bertz CT molecular complexity index is 2810. The summed E-state index contributed by atoms with van der Waals surface area (Å²) in [5.74, 6) is 1.21. The SMILES string of the molecule is [Ir].[c-]1ccc(-c2cccc(-c3cc(-c4nc(-c5ccccc5)cc(-c5ccccc5)n4)cc(-c4nc(-c5ccccc5)cc(-c5ccccc5)n4)c3)c2)cc1-c1ccccn1. The van der Waals surface area contributed by atoms with Gasteiger partial charge < -0.3 is 4.98 Å². The first-order valence-electron chi connectivity index (χ1n) is 19.9. The van der Waals surface area contributed by atoms with Gasteiger partial charge in [0.2, 0.25) is 0 Å². The van der Waals surface area contributed by atoms with Gasteiger partial charge in [-0.25, -0.2) is 19.9 Å². The summed E-state index contributed by atoms with van der Waals surface area (Å²) in [5, 5.41) is 0. The molecule has 0 bridgehead atoms. The van der Waals surface area contributed by atoms with E-state index in [0.717, 1.165) is 89.7 Å². The fourth-order valence-corrected chi connectivity index (χ4v) is 7.43. The zero-order valence-corrected chi connectivity index (χ0v) is 35.2. The van der Waals surface area contributed by atoms with Gasteiger partial charge >= 0.3 is 0 Å². The van der Waals surface area contributed by atoms with Crippen molar-refractivity contribution in [3.8, 4) is 101 Å². The molecule has 0 unspecified atom stereocenters. The van der Waals surface area contributed by atoms with E-state index >= 15 is 0 Å². The predicted octanol–water partition coefficient (Wildman–Crippen LogP) is 13.5. The summed E-state index contributed by atoms with van der Waals surface area (Å²) in [6.45, 7) is 0. The molecule has 0 atom stereocenters. The second kappa shape index (κ2) is 17.8. The number of hydrogen-bond acceptors (Lipinski definition) is 5. The quantitative estimate of drug-likeness (QED) is 0.135. The summed E-state index contributed by atoms with van der Waals surface area (Å²) in [6.07, 6.45) is 1.81. The van der Waals surface area contributed by atoms with E-state index in [1.165, 1.54) is 0 Å². The number of pyridine rings is 1. The molecule has 0 aliphatic carbocycles. The van der Waals surface area contributed by atoms with Gasteiger partial charge in [-0.1, -0.05) is 152 Å². The van der Waals surface area contributed by atoms with Crippen LogP contribution in [0.4, 0.5) is 0 Å². The predicted molar refractivity (Wildman–Crippen MR) is 243 cm³/mol. The summed E-state index contributed by atoms with van der Waals surface area (Å²) in [4.78, 5) is 25.5. The largest absolute Gasteiger partial charge is 0.305 e. The van der Waals surface area contributed by atoms with Crippen molar-refractivity contribution < 1.29 is 20.1 Å². The Hall–Kier alpha value is -7.50. The third kappa shape index (κ3) is 8.64. The molecule has 0 fully saturated rings. The van der Waals surface area contributed by atoms with Crippen LogP contribution in [0.3, 0.4) is 0 Å². The van der Waals surface area contributed by atoms with E-state index in [0.29, 0.717) is 11.6 Å². The summed E-state index contributed by atoms with van der Waals surface area (Å²) in [7, 11) is 0. The summed E-state index contributed by atoms with van der Waals surface area (Å²) < 4.78 is 0. The van der Waals surface area contributed by atoms with E-state index in [1.807, 2.05) is 103 Å². The van der Waals surface area contributed by atoms with Crippen LogP contribution in [0.25, 0.3) is 101 Å². The Kier molecular flexibility index (Phi) is 11.4. The van der Waals surface area contributed by atoms with Crippen LogP contribution >= 0.6 is 0 Å². The molecule has 5 nitrogen and oxygen atoms in total. The van der Waals surface area contributed by atoms with Gasteiger partial charge in [-0.3, -0.25) is 0 Å². The van der Waals surface area contributed by atoms with Crippen molar-refractivity contribution in [3.05, 3.63) is 225 Å². The normalized spacial score (nSPS) is 10.8. The van der Waals surface area contributed by atoms with Crippen LogP contribution in [0, 0.1) is 6.07 Å². The maximum Gasteiger partial charge on any atom is 0.160 e. The van der Waals surface area contributed by atoms with Crippen LogP contribution in [0.1, 0.15) is 0 Å². The maximum absolute atomic E-state index is 5.24. The molecule has 0 aliphatic heterocycles. The van der Waals surface area contributed by atoms with Gasteiger partial charge in [-0.15, -0.1) is 35.4 Å². The van der Waals surface area contributed by atoms with Crippen LogP contribution in [0.2, 0.25) is 0 Å². The molecule has 0 N–H and O–H groups in total. The fourth-order valence-electron chi connectivity index (χ4n) is 7.43. The number of benzene rings is 7. The molecule has 0 saturated heterocycles. The smallest absolute Gasteiger partial charge is 0.160 e. The molecule has 10 aromatic rings. The topological polar surface area (TPSA) is 64.5 Å². The van der Waals surface area contributed by atoms with Crippen LogP contribution in [0.5, 0.6) is 0 Å². The van der Waals surface area contributed by atoms with Crippen molar-refractivity contribution in [2.24, 2.45) is 0 Å². The summed E-state index contributed by atoms with van der Waals surface area (Å²) in [6, 6.07) is 75.8. The zero-order chi connectivity index (χ0) is 40.1. The van der Waals surface area contributed by atoms with Gasteiger partial charge in [-0.05, 0) is 64.8 Å². The molecule has 0 aliphatic rings. The second-order valence-electron chi connectivity index (χ2n) is 14.5. The molecule has 0 saturated carbocycles. The minimum absolute atomic E-state index is 0. The van der Waals surface area contributed by atoms with Gasteiger partial charge in [-0.2, -0.15) is 0 Å². The van der Waals surface area contributed by atoms with Crippen molar-refractivity contribution in [1.29, 1.82) is 0 Å². The first-order chi connectivity index (χ1) is 29.7. The van der Waals surface area contributed by atoms with E-state index in [-0.39, 0.29) is 20.1 Å². The van der Waals surface area contributed by atoms with Crippen molar-refractivity contribution >= 4 is 0 Å². The monoisotopic (exact) mass is 959 g/mol. The van der Waals surface area contributed by atoms with Crippen molar-refractivity contribution in [1.82, 2.24) is 24.9 Å². The zero-order valence-electron chi connectivity index (χ0n) is 32.9. The molecule has 3 aromatic heterocycles. The number of rotatable bonds is 9. The van der Waals surface area contributed by atoms with E-state index in [1.54, 1.807) is 0 Å². The van der Waals surface area contributed by atoms with Gasteiger partial charge in [0.15, 0.2) is 11.6 Å². The Morgan fingerprint density at radius 1 is 0.279 bits per heavy atom. The molecule has 1 radical (unpaired) electrons. The van der Waals surface area contributed by atoms with Gasteiger partial charge in [0.05, 0.1) is 22.8 Å². The molecule has 291 valence electrons. The average molecular weight is 959 g/mol. The summed E-state index contributed by atoms with van der Waals surface area (Å²) in [5.41, 5.74) is 15.1. The van der Waals surface area contributed by atoms with Crippen LogP contribution < -0.4 is 0 Å². The molecular formula is C55H36IrN5-.